The van der Waals surface area contributed by atoms with Crippen molar-refractivity contribution >= 4 is 11.3 Å². The lowest BCUT2D eigenvalue weighted by Gasteiger charge is -2.11. The highest BCUT2D eigenvalue weighted by atomic mass is 32.1. The molecule has 0 unspecified atom stereocenters. The number of hydrogen-bond donors (Lipinski definition) is 1. The minimum atomic E-state index is 0.375. The average molecular weight is 222 g/mol. The van der Waals surface area contributed by atoms with E-state index in [4.69, 9.17) is 0 Å². The smallest absolute Gasteiger partial charge is 0.0738 e. The third-order valence-electron chi connectivity index (χ3n) is 2.37. The Morgan fingerprint density at radius 1 is 1.60 bits per heavy atom. The van der Waals surface area contributed by atoms with Gasteiger partial charge in [-0.1, -0.05) is 11.3 Å². The molecule has 0 amide bonds. The van der Waals surface area contributed by atoms with Crippen molar-refractivity contribution < 1.29 is 0 Å². The second kappa shape index (κ2) is 4.55. The number of hydrogen-bond acceptors (Lipinski definition) is 4. The molecule has 5 heteroatoms. The number of aromatic nitrogens is 3. The van der Waals surface area contributed by atoms with Gasteiger partial charge in [0.2, 0.25) is 0 Å². The van der Waals surface area contributed by atoms with Crippen molar-refractivity contribution in [3.05, 3.63) is 34.3 Å². The second-order valence-corrected chi connectivity index (χ2v) is 4.45. The zero-order chi connectivity index (χ0) is 10.7. The molecule has 0 radical (unpaired) electrons. The van der Waals surface area contributed by atoms with Crippen molar-refractivity contribution in [3.63, 3.8) is 0 Å². The van der Waals surface area contributed by atoms with Crippen molar-refractivity contribution in [1.82, 2.24) is 20.3 Å². The average Bonchev–Trinajstić information content (AvgIpc) is 2.85. The first-order chi connectivity index (χ1) is 7.27. The summed E-state index contributed by atoms with van der Waals surface area (Å²) in [5.74, 6) is 0. The van der Waals surface area contributed by atoms with E-state index in [0.717, 1.165) is 12.2 Å². The topological polar surface area (TPSA) is 42.7 Å². The predicted octanol–water partition coefficient (Wildman–Crippen LogP) is 1.73. The molecule has 0 saturated carbocycles. The summed E-state index contributed by atoms with van der Waals surface area (Å²) in [6.07, 6.45) is 1.79. The SMILES string of the molecule is C[C@@H](NCc1cnnn1C)c1cccs1. The molecule has 1 atom stereocenters. The number of nitrogens with one attached hydrogen (secondary N) is 1. The molecule has 0 aromatic carbocycles. The molecular weight excluding hydrogens is 208 g/mol. The monoisotopic (exact) mass is 222 g/mol. The largest absolute Gasteiger partial charge is 0.304 e. The third-order valence-corrected chi connectivity index (χ3v) is 3.42. The zero-order valence-corrected chi connectivity index (χ0v) is 9.66. The third kappa shape index (κ3) is 2.43. The van der Waals surface area contributed by atoms with Gasteiger partial charge in [-0.15, -0.1) is 16.4 Å². The summed E-state index contributed by atoms with van der Waals surface area (Å²) in [7, 11) is 1.90. The standard InChI is InChI=1S/C10H14N4S/c1-8(10-4-3-5-15-10)11-6-9-7-12-13-14(9)2/h3-5,7-8,11H,6H2,1-2H3/t8-/m1/s1. The summed E-state index contributed by atoms with van der Waals surface area (Å²) in [6.45, 7) is 2.96. The van der Waals surface area contributed by atoms with Crippen molar-refractivity contribution in [2.75, 3.05) is 0 Å². The molecule has 2 aromatic rings. The van der Waals surface area contributed by atoms with Gasteiger partial charge in [-0.2, -0.15) is 0 Å². The van der Waals surface area contributed by atoms with E-state index in [0.29, 0.717) is 6.04 Å². The van der Waals surface area contributed by atoms with Crippen LogP contribution in [0.25, 0.3) is 0 Å². The van der Waals surface area contributed by atoms with Crippen molar-refractivity contribution in [1.29, 1.82) is 0 Å². The molecule has 15 heavy (non-hydrogen) atoms. The van der Waals surface area contributed by atoms with Gasteiger partial charge in [0.1, 0.15) is 0 Å². The van der Waals surface area contributed by atoms with Gasteiger partial charge in [-0.25, -0.2) is 0 Å². The van der Waals surface area contributed by atoms with Gasteiger partial charge in [0.05, 0.1) is 11.9 Å². The zero-order valence-electron chi connectivity index (χ0n) is 8.84. The van der Waals surface area contributed by atoms with Crippen molar-refractivity contribution in [2.45, 2.75) is 19.5 Å². The summed E-state index contributed by atoms with van der Waals surface area (Å²) in [5, 5.41) is 13.3. The van der Waals surface area contributed by atoms with E-state index < -0.39 is 0 Å². The molecule has 1 N–H and O–H groups in total. The minimum absolute atomic E-state index is 0.375. The fourth-order valence-corrected chi connectivity index (χ4v) is 2.13. The first-order valence-corrected chi connectivity index (χ1v) is 5.75. The lowest BCUT2D eigenvalue weighted by molar-refractivity contribution is 0.552. The molecule has 0 bridgehead atoms. The van der Waals surface area contributed by atoms with Crippen LogP contribution < -0.4 is 5.32 Å². The van der Waals surface area contributed by atoms with Gasteiger partial charge in [-0.3, -0.25) is 4.68 Å². The summed E-state index contributed by atoms with van der Waals surface area (Å²) in [4.78, 5) is 1.35. The molecule has 80 valence electrons. The molecule has 4 nitrogen and oxygen atoms in total. The van der Waals surface area contributed by atoms with Gasteiger partial charge in [0.25, 0.3) is 0 Å². The van der Waals surface area contributed by atoms with Crippen LogP contribution in [0.1, 0.15) is 23.5 Å². The maximum absolute atomic E-state index is 3.89. The highest BCUT2D eigenvalue weighted by molar-refractivity contribution is 7.10. The second-order valence-electron chi connectivity index (χ2n) is 3.47. The Kier molecular flexibility index (Phi) is 3.13. The highest BCUT2D eigenvalue weighted by Crippen LogP contribution is 2.18. The van der Waals surface area contributed by atoms with Crippen LogP contribution in [0.15, 0.2) is 23.7 Å². The van der Waals surface area contributed by atoms with E-state index in [-0.39, 0.29) is 0 Å². The van der Waals surface area contributed by atoms with E-state index in [9.17, 15) is 0 Å². The molecule has 2 aromatic heterocycles. The number of thiophene rings is 1. The molecule has 0 saturated heterocycles. The predicted molar refractivity (Wildman–Crippen MR) is 60.6 cm³/mol. The number of nitrogens with zero attached hydrogens (tertiary/aromatic N) is 3. The van der Waals surface area contributed by atoms with Crippen LogP contribution in [0, 0.1) is 0 Å². The maximum Gasteiger partial charge on any atom is 0.0738 e. The van der Waals surface area contributed by atoms with Crippen LogP contribution in [-0.4, -0.2) is 15.0 Å². The number of aryl methyl sites for hydroxylation is 1. The molecule has 0 aliphatic rings. The molecule has 0 aliphatic heterocycles. The van der Waals surface area contributed by atoms with E-state index in [1.54, 1.807) is 22.2 Å². The summed E-state index contributed by atoms with van der Waals surface area (Å²) >= 11 is 1.77. The Morgan fingerprint density at radius 3 is 3.07 bits per heavy atom. The van der Waals surface area contributed by atoms with Crippen LogP contribution in [0.2, 0.25) is 0 Å². The molecule has 2 heterocycles. The van der Waals surface area contributed by atoms with E-state index >= 15 is 0 Å². The fourth-order valence-electron chi connectivity index (χ4n) is 1.37. The van der Waals surface area contributed by atoms with E-state index in [1.807, 2.05) is 7.05 Å². The van der Waals surface area contributed by atoms with Crippen LogP contribution in [-0.2, 0) is 13.6 Å². The first kappa shape index (κ1) is 10.3. The van der Waals surface area contributed by atoms with Gasteiger partial charge in [0, 0.05) is 24.5 Å². The van der Waals surface area contributed by atoms with Crippen molar-refractivity contribution in [2.24, 2.45) is 7.05 Å². The van der Waals surface area contributed by atoms with Crippen LogP contribution in [0.3, 0.4) is 0 Å². The maximum atomic E-state index is 3.89. The van der Waals surface area contributed by atoms with E-state index in [2.05, 4.69) is 40.1 Å². The summed E-state index contributed by atoms with van der Waals surface area (Å²) in [5.41, 5.74) is 1.10. The van der Waals surface area contributed by atoms with Gasteiger partial charge >= 0.3 is 0 Å². The molecule has 0 spiro atoms. The van der Waals surface area contributed by atoms with Crippen LogP contribution in [0.5, 0.6) is 0 Å². The summed E-state index contributed by atoms with van der Waals surface area (Å²) in [6, 6.07) is 4.59. The molecule has 2 rings (SSSR count). The van der Waals surface area contributed by atoms with Crippen LogP contribution in [0.4, 0.5) is 0 Å². The van der Waals surface area contributed by atoms with Gasteiger partial charge in [0.15, 0.2) is 0 Å². The quantitative estimate of drug-likeness (QED) is 0.856. The molecular formula is C10H14N4S. The Balaban J connectivity index is 1.91. The molecule has 0 fully saturated rings. The van der Waals surface area contributed by atoms with Gasteiger partial charge < -0.3 is 5.32 Å². The Hall–Kier alpha value is -1.20. The Labute approximate surface area is 92.9 Å². The lowest BCUT2D eigenvalue weighted by atomic mass is 10.2. The Morgan fingerprint density at radius 2 is 2.47 bits per heavy atom. The number of rotatable bonds is 4. The van der Waals surface area contributed by atoms with E-state index in [1.165, 1.54) is 4.88 Å². The van der Waals surface area contributed by atoms with Crippen molar-refractivity contribution in [3.8, 4) is 0 Å². The van der Waals surface area contributed by atoms with Gasteiger partial charge in [-0.05, 0) is 18.4 Å². The fraction of sp³-hybridized carbons (Fsp3) is 0.400. The molecule has 0 aliphatic carbocycles. The summed E-state index contributed by atoms with van der Waals surface area (Å²) < 4.78 is 1.79. The highest BCUT2D eigenvalue weighted by Gasteiger charge is 2.06. The lowest BCUT2D eigenvalue weighted by Crippen LogP contribution is -2.18. The minimum Gasteiger partial charge on any atom is -0.304 e. The van der Waals surface area contributed by atoms with Crippen LogP contribution >= 0.6 is 11.3 Å². The first-order valence-electron chi connectivity index (χ1n) is 4.87. The normalized spacial score (nSPS) is 12.9. The Bertz CT molecular complexity index is 407.